The Morgan fingerprint density at radius 3 is 1.85 bits per heavy atom. The molecule has 4 heterocycles. The maximum Gasteiger partial charge on any atom is 0.213 e. The molecule has 184 valence electrons. The lowest BCUT2D eigenvalue weighted by atomic mass is 10.4. The molecule has 2 atom stereocenters. The van der Waals surface area contributed by atoms with Gasteiger partial charge in [0.25, 0.3) is 0 Å². The van der Waals surface area contributed by atoms with Gasteiger partial charge in [0.2, 0.25) is 5.88 Å². The van der Waals surface area contributed by atoms with Crippen LogP contribution in [0, 0.1) is 0 Å². The molecule has 2 saturated heterocycles. The quantitative estimate of drug-likeness (QED) is 0.553. The van der Waals surface area contributed by atoms with Crippen LogP contribution in [0.4, 0.5) is 11.4 Å². The highest BCUT2D eigenvalue weighted by molar-refractivity contribution is 6.29. The van der Waals surface area contributed by atoms with E-state index in [1.807, 2.05) is 27.7 Å². The molecule has 0 bridgehead atoms. The third-order valence-corrected chi connectivity index (χ3v) is 4.49. The normalized spacial score (nSPS) is 22.5. The number of nitrogen functional groups attached to an aromatic ring is 2. The number of rotatable bonds is 4. The van der Waals surface area contributed by atoms with E-state index in [4.69, 9.17) is 51.9 Å². The van der Waals surface area contributed by atoms with Crippen LogP contribution < -0.4 is 16.2 Å². The van der Waals surface area contributed by atoms with Gasteiger partial charge in [0, 0.05) is 6.07 Å². The van der Waals surface area contributed by atoms with E-state index in [1.54, 1.807) is 30.5 Å². The first-order chi connectivity index (χ1) is 15.5. The van der Waals surface area contributed by atoms with Crippen LogP contribution >= 0.6 is 11.6 Å². The number of nitrogens with two attached hydrogens (primary N) is 2. The number of ether oxygens (including phenoxy) is 5. The number of hydrogen-bond acceptors (Lipinski definition) is 10. The Kier molecular flexibility index (Phi) is 10.1. The molecule has 11 heteroatoms. The molecule has 2 fully saturated rings. The minimum Gasteiger partial charge on any atom is -0.475 e. The van der Waals surface area contributed by atoms with Gasteiger partial charge in [0.15, 0.2) is 11.6 Å². The third kappa shape index (κ3) is 10.5. The molecule has 0 unspecified atom stereocenters. The van der Waals surface area contributed by atoms with E-state index in [9.17, 15) is 0 Å². The molecule has 0 aliphatic carbocycles. The first kappa shape index (κ1) is 27.0. The van der Waals surface area contributed by atoms with Gasteiger partial charge in [-0.3, -0.25) is 0 Å². The molecule has 2 aromatic heterocycles. The van der Waals surface area contributed by atoms with Gasteiger partial charge in [0.1, 0.15) is 24.0 Å². The van der Waals surface area contributed by atoms with Gasteiger partial charge in [-0.05, 0) is 45.9 Å². The lowest BCUT2D eigenvalue weighted by molar-refractivity contribution is -0.142. The number of pyridine rings is 2. The Hall–Kier alpha value is -2.21. The minimum absolute atomic E-state index is 0.0451. The van der Waals surface area contributed by atoms with E-state index in [-0.39, 0.29) is 18.8 Å². The van der Waals surface area contributed by atoms with Crippen molar-refractivity contribution in [2.75, 3.05) is 37.9 Å². The van der Waals surface area contributed by atoms with E-state index >= 15 is 0 Å². The predicted molar refractivity (Wildman–Crippen MR) is 125 cm³/mol. The number of anilines is 2. The Morgan fingerprint density at radius 1 is 0.939 bits per heavy atom. The number of aliphatic hydroxyl groups excluding tert-OH is 1. The average Bonchev–Trinajstić information content (AvgIpc) is 3.31. The second-order valence-corrected chi connectivity index (χ2v) is 8.63. The molecular weight excluding hydrogens is 452 g/mol. The van der Waals surface area contributed by atoms with Crippen molar-refractivity contribution in [1.29, 1.82) is 0 Å². The van der Waals surface area contributed by atoms with Gasteiger partial charge in [-0.15, -0.1) is 0 Å². The van der Waals surface area contributed by atoms with Crippen LogP contribution in [0.15, 0.2) is 36.7 Å². The van der Waals surface area contributed by atoms with Crippen LogP contribution in [0.5, 0.6) is 5.88 Å². The summed E-state index contributed by atoms with van der Waals surface area (Å²) in [4.78, 5) is 7.75. The monoisotopic (exact) mass is 484 g/mol. The van der Waals surface area contributed by atoms with E-state index < -0.39 is 11.6 Å². The first-order valence-corrected chi connectivity index (χ1v) is 10.8. The summed E-state index contributed by atoms with van der Waals surface area (Å²) in [6.07, 6.45) is 2.91. The summed E-state index contributed by atoms with van der Waals surface area (Å²) in [7, 11) is 0. The molecule has 0 spiro atoms. The Balaban J connectivity index is 0.000000192. The summed E-state index contributed by atoms with van der Waals surface area (Å²) in [5.74, 6) is -0.460. The van der Waals surface area contributed by atoms with E-state index in [1.165, 1.54) is 6.20 Å². The molecule has 10 nitrogen and oxygen atoms in total. The smallest absolute Gasteiger partial charge is 0.213 e. The number of halogens is 1. The molecule has 2 aliphatic heterocycles. The molecule has 2 aliphatic rings. The summed E-state index contributed by atoms with van der Waals surface area (Å²) < 4.78 is 26.9. The van der Waals surface area contributed by atoms with E-state index in [0.29, 0.717) is 42.2 Å². The highest BCUT2D eigenvalue weighted by Crippen LogP contribution is 2.23. The Bertz CT molecular complexity index is 815. The molecule has 33 heavy (non-hydrogen) atoms. The second kappa shape index (κ2) is 12.3. The van der Waals surface area contributed by atoms with Crippen molar-refractivity contribution in [3.05, 3.63) is 41.8 Å². The van der Waals surface area contributed by atoms with Gasteiger partial charge >= 0.3 is 0 Å². The second-order valence-electron chi connectivity index (χ2n) is 8.24. The molecule has 0 amide bonds. The zero-order chi connectivity index (χ0) is 24.5. The molecule has 2 aromatic rings. The number of aliphatic hydroxyl groups is 1. The SMILES string of the molecule is CC1(C)OC[C@H](CO)O1.CC1(C)OC[C@H](COc2ccc(N)cn2)O1.Nc1ccc(Cl)nc1. The minimum atomic E-state index is -0.511. The maximum absolute atomic E-state index is 8.59. The maximum atomic E-state index is 8.59. The van der Waals surface area contributed by atoms with E-state index in [2.05, 4.69) is 9.97 Å². The van der Waals surface area contributed by atoms with Crippen LogP contribution in [0.1, 0.15) is 27.7 Å². The molecule has 0 aromatic carbocycles. The highest BCUT2D eigenvalue weighted by atomic mass is 35.5. The summed E-state index contributed by atoms with van der Waals surface area (Å²) in [5, 5.41) is 9.06. The first-order valence-electron chi connectivity index (χ1n) is 10.4. The fourth-order valence-electron chi connectivity index (χ4n) is 2.74. The number of aromatic nitrogens is 2. The standard InChI is InChI=1S/C11H16N2O3.C6H12O3.C5H5ClN2/c1-11(2)15-7-9(16-11)6-14-10-4-3-8(12)5-13-10;1-6(2)8-4-5(3-7)9-6;6-5-2-1-4(7)3-8-5/h3-5,9H,6-7,12H2,1-2H3;5,7H,3-4H2,1-2H3;1-3H,7H2/t9-;5-;/m00./s1. The lowest BCUT2D eigenvalue weighted by Gasteiger charge is -2.17. The van der Waals surface area contributed by atoms with Gasteiger partial charge in [-0.2, -0.15) is 0 Å². The van der Waals surface area contributed by atoms with Crippen LogP contribution in [0.2, 0.25) is 5.15 Å². The van der Waals surface area contributed by atoms with Gasteiger partial charge in [-0.25, -0.2) is 9.97 Å². The topological polar surface area (TPSA) is 144 Å². The number of nitrogens with zero attached hydrogens (tertiary/aromatic N) is 2. The predicted octanol–water partition coefficient (Wildman–Crippen LogP) is 2.64. The summed E-state index contributed by atoms with van der Waals surface area (Å²) in [5.41, 5.74) is 12.1. The van der Waals surface area contributed by atoms with Crippen molar-refractivity contribution in [3.8, 4) is 5.88 Å². The average molecular weight is 485 g/mol. The number of hydrogen-bond donors (Lipinski definition) is 3. The zero-order valence-electron chi connectivity index (χ0n) is 19.4. The molecule has 4 rings (SSSR count). The summed E-state index contributed by atoms with van der Waals surface area (Å²) >= 11 is 5.44. The van der Waals surface area contributed by atoms with Crippen molar-refractivity contribution in [3.63, 3.8) is 0 Å². The van der Waals surface area contributed by atoms with Gasteiger partial charge in [-0.1, -0.05) is 11.6 Å². The Morgan fingerprint density at radius 2 is 1.48 bits per heavy atom. The molecular formula is C22H33ClN4O6. The van der Waals surface area contributed by atoms with Crippen molar-refractivity contribution in [1.82, 2.24) is 9.97 Å². The summed E-state index contributed by atoms with van der Waals surface area (Å²) in [6.45, 7) is 8.96. The largest absolute Gasteiger partial charge is 0.475 e. The van der Waals surface area contributed by atoms with Gasteiger partial charge in [0.05, 0.1) is 43.6 Å². The fraction of sp³-hybridized carbons (Fsp3) is 0.545. The van der Waals surface area contributed by atoms with Crippen LogP contribution in [-0.4, -0.2) is 65.3 Å². The van der Waals surface area contributed by atoms with Crippen molar-refractivity contribution >= 4 is 23.0 Å². The van der Waals surface area contributed by atoms with E-state index in [0.717, 1.165) is 0 Å². The highest BCUT2D eigenvalue weighted by Gasteiger charge is 2.33. The van der Waals surface area contributed by atoms with Crippen molar-refractivity contribution in [2.24, 2.45) is 0 Å². The third-order valence-electron chi connectivity index (χ3n) is 4.26. The van der Waals surface area contributed by atoms with Crippen molar-refractivity contribution in [2.45, 2.75) is 51.5 Å². The molecule has 5 N–H and O–H groups in total. The lowest BCUT2D eigenvalue weighted by Crippen LogP contribution is -2.25. The fourth-order valence-corrected chi connectivity index (χ4v) is 2.85. The van der Waals surface area contributed by atoms with Gasteiger partial charge < -0.3 is 40.3 Å². The van der Waals surface area contributed by atoms with Crippen molar-refractivity contribution < 1.29 is 28.8 Å². The van der Waals surface area contributed by atoms with Crippen LogP contribution in [-0.2, 0) is 18.9 Å². The molecule has 0 saturated carbocycles. The Labute approximate surface area is 199 Å². The molecule has 0 radical (unpaired) electrons. The van der Waals surface area contributed by atoms with Crippen LogP contribution in [0.25, 0.3) is 0 Å². The van der Waals surface area contributed by atoms with Crippen LogP contribution in [0.3, 0.4) is 0 Å². The summed E-state index contributed by atoms with van der Waals surface area (Å²) in [6, 6.07) is 6.83. The zero-order valence-corrected chi connectivity index (χ0v) is 20.1.